The molecule has 0 radical (unpaired) electrons. The van der Waals surface area contributed by atoms with Crippen molar-refractivity contribution in [1.29, 1.82) is 0 Å². The van der Waals surface area contributed by atoms with E-state index < -0.39 is 0 Å². The van der Waals surface area contributed by atoms with Crippen LogP contribution in [-0.4, -0.2) is 57.9 Å². The van der Waals surface area contributed by atoms with Crippen molar-refractivity contribution in [3.63, 3.8) is 0 Å². The van der Waals surface area contributed by atoms with Crippen LogP contribution in [0.5, 0.6) is 5.75 Å². The molecule has 1 saturated heterocycles. The molecule has 6 heteroatoms. The number of ether oxygens (including phenoxy) is 2. The van der Waals surface area contributed by atoms with E-state index >= 15 is 0 Å². The molecule has 1 heterocycles. The first kappa shape index (κ1) is 23.0. The maximum atomic E-state index is 5.83. The number of nitrogens with one attached hydrogen (secondary N) is 1. The summed E-state index contributed by atoms with van der Waals surface area (Å²) in [6.07, 6.45) is 1.13. The van der Waals surface area contributed by atoms with Crippen LogP contribution in [0, 0.1) is 5.92 Å². The number of halogens is 1. The molecule has 0 aliphatic carbocycles. The molecule has 0 saturated carbocycles. The van der Waals surface area contributed by atoms with E-state index in [-0.39, 0.29) is 29.4 Å². The zero-order chi connectivity index (χ0) is 18.3. The Bertz CT molecular complexity index is 549. The van der Waals surface area contributed by atoms with Crippen molar-refractivity contribution in [1.82, 2.24) is 10.2 Å². The van der Waals surface area contributed by atoms with Crippen molar-refractivity contribution >= 4 is 29.9 Å². The second-order valence-corrected chi connectivity index (χ2v) is 7.71. The van der Waals surface area contributed by atoms with Crippen LogP contribution in [-0.2, 0) is 10.2 Å². The Hall–Kier alpha value is -1.02. The van der Waals surface area contributed by atoms with Crippen molar-refractivity contribution in [3.8, 4) is 5.75 Å². The summed E-state index contributed by atoms with van der Waals surface area (Å²) in [6, 6.07) is 8.36. The summed E-state index contributed by atoms with van der Waals surface area (Å²) in [6.45, 7) is 10.7. The second kappa shape index (κ2) is 11.0. The fourth-order valence-electron chi connectivity index (χ4n) is 2.97. The van der Waals surface area contributed by atoms with E-state index in [2.05, 4.69) is 55.2 Å². The Balaban J connectivity index is 0.00000338. The topological polar surface area (TPSA) is 46.1 Å². The minimum absolute atomic E-state index is 0. The molecule has 0 aromatic heterocycles. The molecule has 1 aromatic rings. The lowest BCUT2D eigenvalue weighted by atomic mass is 9.87. The van der Waals surface area contributed by atoms with Crippen molar-refractivity contribution in [3.05, 3.63) is 29.8 Å². The van der Waals surface area contributed by atoms with Gasteiger partial charge in [-0.25, -0.2) is 0 Å². The number of hydrogen-bond donors (Lipinski definition) is 1. The van der Waals surface area contributed by atoms with Crippen LogP contribution >= 0.6 is 24.0 Å². The number of nitrogens with zero attached hydrogens (tertiary/aromatic N) is 2. The van der Waals surface area contributed by atoms with Crippen LogP contribution in [0.15, 0.2) is 29.3 Å². The molecule has 0 bridgehead atoms. The van der Waals surface area contributed by atoms with E-state index in [1.807, 2.05) is 19.2 Å². The Morgan fingerprint density at radius 1 is 1.31 bits per heavy atom. The standard InChI is InChI=1S/C20H33N3O2.HI/c1-20(2,3)17-6-8-18(9-7-17)25-13-11-22-19(21-4)23(5)14-16-10-12-24-15-16;/h6-9,16H,10-15H2,1-5H3,(H,21,22);1H. The van der Waals surface area contributed by atoms with Gasteiger partial charge in [0, 0.05) is 33.2 Å². The monoisotopic (exact) mass is 475 g/mol. The molecule has 1 aromatic carbocycles. The average Bonchev–Trinajstić information content (AvgIpc) is 3.07. The van der Waals surface area contributed by atoms with Crippen molar-refractivity contribution in [2.45, 2.75) is 32.6 Å². The first-order chi connectivity index (χ1) is 11.9. The van der Waals surface area contributed by atoms with E-state index in [4.69, 9.17) is 9.47 Å². The maximum Gasteiger partial charge on any atom is 0.193 e. The molecule has 1 N–H and O–H groups in total. The summed E-state index contributed by atoms with van der Waals surface area (Å²) in [4.78, 5) is 6.51. The minimum atomic E-state index is 0. The average molecular weight is 475 g/mol. The predicted molar refractivity (Wildman–Crippen MR) is 119 cm³/mol. The summed E-state index contributed by atoms with van der Waals surface area (Å²) in [7, 11) is 3.88. The normalized spacial score (nSPS) is 17.6. The highest BCUT2D eigenvalue weighted by Crippen LogP contribution is 2.24. The quantitative estimate of drug-likeness (QED) is 0.296. The molecular formula is C20H34IN3O2. The lowest BCUT2D eigenvalue weighted by Gasteiger charge is -2.24. The fourth-order valence-corrected chi connectivity index (χ4v) is 2.97. The van der Waals surface area contributed by atoms with Crippen molar-refractivity contribution < 1.29 is 9.47 Å². The van der Waals surface area contributed by atoms with E-state index in [0.717, 1.165) is 44.4 Å². The number of rotatable bonds is 6. The van der Waals surface area contributed by atoms with E-state index in [1.165, 1.54) is 5.56 Å². The second-order valence-electron chi connectivity index (χ2n) is 7.71. The molecule has 1 atom stereocenters. The third-order valence-corrected chi connectivity index (χ3v) is 4.50. The van der Waals surface area contributed by atoms with Crippen LogP contribution in [0.2, 0.25) is 0 Å². The molecule has 148 valence electrons. The third-order valence-electron chi connectivity index (χ3n) is 4.50. The first-order valence-corrected chi connectivity index (χ1v) is 9.13. The number of hydrogen-bond acceptors (Lipinski definition) is 3. The fraction of sp³-hybridized carbons (Fsp3) is 0.650. The summed E-state index contributed by atoms with van der Waals surface area (Å²) in [5.41, 5.74) is 1.48. The zero-order valence-electron chi connectivity index (χ0n) is 16.7. The predicted octanol–water partition coefficient (Wildman–Crippen LogP) is 3.52. The smallest absolute Gasteiger partial charge is 0.193 e. The SMILES string of the molecule is CN=C(NCCOc1ccc(C(C)(C)C)cc1)N(C)CC1CCOC1.I. The molecule has 0 spiro atoms. The van der Waals surface area contributed by atoms with Gasteiger partial charge in [-0.05, 0) is 29.5 Å². The summed E-state index contributed by atoms with van der Waals surface area (Å²) in [5.74, 6) is 2.40. The molecule has 5 nitrogen and oxygen atoms in total. The lowest BCUT2D eigenvalue weighted by Crippen LogP contribution is -2.42. The van der Waals surface area contributed by atoms with Gasteiger partial charge in [0.2, 0.25) is 0 Å². The van der Waals surface area contributed by atoms with Gasteiger partial charge in [-0.15, -0.1) is 24.0 Å². The molecule has 0 amide bonds. The van der Waals surface area contributed by atoms with E-state index in [9.17, 15) is 0 Å². The van der Waals surface area contributed by atoms with E-state index in [1.54, 1.807) is 0 Å². The van der Waals surface area contributed by atoms with Crippen LogP contribution in [0.4, 0.5) is 0 Å². The summed E-state index contributed by atoms with van der Waals surface area (Å²) >= 11 is 0. The molecule has 2 rings (SSSR count). The molecule has 26 heavy (non-hydrogen) atoms. The van der Waals surface area contributed by atoms with Gasteiger partial charge >= 0.3 is 0 Å². The van der Waals surface area contributed by atoms with Gasteiger partial charge in [0.1, 0.15) is 12.4 Å². The number of aliphatic imine (C=N–C) groups is 1. The zero-order valence-corrected chi connectivity index (χ0v) is 19.1. The largest absolute Gasteiger partial charge is 0.492 e. The molecule has 1 unspecified atom stereocenters. The highest BCUT2D eigenvalue weighted by Gasteiger charge is 2.19. The first-order valence-electron chi connectivity index (χ1n) is 9.13. The maximum absolute atomic E-state index is 5.83. The Morgan fingerprint density at radius 3 is 2.54 bits per heavy atom. The van der Waals surface area contributed by atoms with Crippen molar-refractivity contribution in [2.75, 3.05) is 47.0 Å². The molecule has 1 aliphatic rings. The summed E-state index contributed by atoms with van der Waals surface area (Å²) in [5, 5.41) is 3.36. The number of benzene rings is 1. The Morgan fingerprint density at radius 2 is 2.00 bits per heavy atom. The number of guanidine groups is 1. The Kier molecular flexibility index (Phi) is 9.71. The Labute approximate surface area is 175 Å². The van der Waals surface area contributed by atoms with Gasteiger partial charge in [-0.1, -0.05) is 32.9 Å². The van der Waals surface area contributed by atoms with Crippen LogP contribution < -0.4 is 10.1 Å². The highest BCUT2D eigenvalue weighted by atomic mass is 127. The van der Waals surface area contributed by atoms with Crippen LogP contribution in [0.25, 0.3) is 0 Å². The van der Waals surface area contributed by atoms with Crippen LogP contribution in [0.1, 0.15) is 32.8 Å². The van der Waals surface area contributed by atoms with Crippen LogP contribution in [0.3, 0.4) is 0 Å². The van der Waals surface area contributed by atoms with Gasteiger partial charge in [-0.3, -0.25) is 4.99 Å². The third kappa shape index (κ3) is 7.31. The van der Waals surface area contributed by atoms with Gasteiger partial charge in [-0.2, -0.15) is 0 Å². The van der Waals surface area contributed by atoms with Gasteiger partial charge < -0.3 is 19.7 Å². The van der Waals surface area contributed by atoms with Gasteiger partial charge in [0.05, 0.1) is 13.2 Å². The summed E-state index contributed by atoms with van der Waals surface area (Å²) < 4.78 is 11.3. The molecular weight excluding hydrogens is 441 g/mol. The van der Waals surface area contributed by atoms with E-state index in [0.29, 0.717) is 12.5 Å². The van der Waals surface area contributed by atoms with Crippen molar-refractivity contribution in [2.24, 2.45) is 10.9 Å². The molecule has 1 fully saturated rings. The van der Waals surface area contributed by atoms with Gasteiger partial charge in [0.25, 0.3) is 0 Å². The van der Waals surface area contributed by atoms with Gasteiger partial charge in [0.15, 0.2) is 5.96 Å². The minimum Gasteiger partial charge on any atom is -0.492 e. The lowest BCUT2D eigenvalue weighted by molar-refractivity contribution is 0.181. The molecule has 1 aliphatic heterocycles. The highest BCUT2D eigenvalue weighted by molar-refractivity contribution is 14.0.